The first-order valence-corrected chi connectivity index (χ1v) is 11.2. The summed E-state index contributed by atoms with van der Waals surface area (Å²) < 4.78 is 8.17. The summed E-state index contributed by atoms with van der Waals surface area (Å²) in [6, 6.07) is 13.8. The average molecular weight is 421 g/mol. The van der Waals surface area contributed by atoms with E-state index in [1.807, 2.05) is 42.5 Å². The molecule has 0 radical (unpaired) electrons. The van der Waals surface area contributed by atoms with E-state index in [0.29, 0.717) is 13.2 Å². The molecule has 0 spiro atoms. The first-order valence-electron chi connectivity index (χ1n) is 11.2. The quantitative estimate of drug-likeness (QED) is 0.593. The lowest BCUT2D eigenvalue weighted by Gasteiger charge is -2.34. The van der Waals surface area contributed by atoms with E-state index in [9.17, 15) is 9.90 Å². The summed E-state index contributed by atoms with van der Waals surface area (Å²) in [5.41, 5.74) is 4.04. The summed E-state index contributed by atoms with van der Waals surface area (Å²) in [5, 5.41) is 10.7. The van der Waals surface area contributed by atoms with E-state index in [-0.39, 0.29) is 12.4 Å². The number of carbonyl (C=O) groups is 1. The Morgan fingerprint density at radius 2 is 1.84 bits per heavy atom. The van der Waals surface area contributed by atoms with Crippen LogP contribution in [0.4, 0.5) is 0 Å². The van der Waals surface area contributed by atoms with Crippen molar-refractivity contribution in [1.82, 2.24) is 9.47 Å². The van der Waals surface area contributed by atoms with Crippen LogP contribution in [0.2, 0.25) is 0 Å². The Hall–Kier alpha value is -2.63. The maximum atomic E-state index is 13.6. The molecule has 5 nitrogen and oxygen atoms in total. The predicted octanol–water partition coefficient (Wildman–Crippen LogP) is 4.22. The van der Waals surface area contributed by atoms with Crippen LogP contribution in [0.25, 0.3) is 10.9 Å². The third-order valence-electron chi connectivity index (χ3n) is 6.59. The largest absolute Gasteiger partial charge is 0.492 e. The smallest absolute Gasteiger partial charge is 0.195 e. The van der Waals surface area contributed by atoms with Crippen LogP contribution in [-0.4, -0.2) is 53.2 Å². The van der Waals surface area contributed by atoms with Crippen molar-refractivity contribution < 1.29 is 14.6 Å². The molecule has 0 atom stereocenters. The van der Waals surface area contributed by atoms with E-state index < -0.39 is 5.41 Å². The van der Waals surface area contributed by atoms with Gasteiger partial charge in [0.2, 0.25) is 0 Å². The molecular formula is C26H32N2O3. The molecular weight excluding hydrogens is 388 g/mol. The van der Waals surface area contributed by atoms with Crippen molar-refractivity contribution in [2.45, 2.75) is 39.7 Å². The van der Waals surface area contributed by atoms with Crippen molar-refractivity contribution in [3.05, 3.63) is 64.8 Å². The fourth-order valence-electron chi connectivity index (χ4n) is 4.94. The van der Waals surface area contributed by atoms with Crippen LogP contribution in [0, 0.1) is 0 Å². The number of hydrogen-bond donors (Lipinski definition) is 1. The zero-order valence-corrected chi connectivity index (χ0v) is 18.9. The third-order valence-corrected chi connectivity index (χ3v) is 6.59. The lowest BCUT2D eigenvalue weighted by atomic mass is 9.71. The molecule has 0 aliphatic heterocycles. The molecule has 1 heterocycles. The minimum absolute atomic E-state index is 0.0246. The molecule has 0 amide bonds. The second-order valence-corrected chi connectivity index (χ2v) is 8.65. The molecule has 3 aromatic rings. The van der Waals surface area contributed by atoms with Crippen LogP contribution in [0.5, 0.6) is 5.75 Å². The first kappa shape index (κ1) is 21.6. The Balaban J connectivity index is 1.77. The molecule has 0 saturated carbocycles. The maximum absolute atomic E-state index is 13.6. The zero-order valence-electron chi connectivity index (χ0n) is 18.9. The highest BCUT2D eigenvalue weighted by Gasteiger charge is 2.41. The number of aromatic nitrogens is 1. The van der Waals surface area contributed by atoms with Gasteiger partial charge in [-0.1, -0.05) is 45.9 Å². The van der Waals surface area contributed by atoms with Crippen molar-refractivity contribution in [3.8, 4) is 5.75 Å². The van der Waals surface area contributed by atoms with Crippen molar-refractivity contribution >= 4 is 16.7 Å². The van der Waals surface area contributed by atoms with Gasteiger partial charge in [0.15, 0.2) is 5.78 Å². The minimum Gasteiger partial charge on any atom is -0.492 e. The second kappa shape index (κ2) is 8.48. The maximum Gasteiger partial charge on any atom is 0.195 e. The van der Waals surface area contributed by atoms with Gasteiger partial charge < -0.3 is 19.3 Å². The summed E-state index contributed by atoms with van der Waals surface area (Å²) in [6.45, 7) is 12.6. The lowest BCUT2D eigenvalue weighted by Crippen LogP contribution is -2.33. The standard InChI is InChI=1S/C26H32N2O3/c1-5-27(6-2)14-16-31-18-11-12-19-21(17-18)26(3,4)25-23(24(19)30)20-9-7-8-10-22(20)28(25)13-15-29/h7-12,17,29H,5-6,13-16H2,1-4H3. The molecule has 0 unspecified atom stereocenters. The Morgan fingerprint density at radius 3 is 2.55 bits per heavy atom. The van der Waals surface area contributed by atoms with Crippen molar-refractivity contribution in [2.24, 2.45) is 0 Å². The van der Waals surface area contributed by atoms with Gasteiger partial charge in [0, 0.05) is 40.7 Å². The van der Waals surface area contributed by atoms with Gasteiger partial charge in [-0.05, 0) is 42.9 Å². The topological polar surface area (TPSA) is 54.7 Å². The SMILES string of the molecule is CCN(CC)CCOc1ccc2c(c1)C(C)(C)c1c(c3ccccc3n1CCO)C2=O. The molecule has 5 heteroatoms. The number of benzene rings is 2. The number of likely N-dealkylation sites (N-methyl/N-ethyl adjacent to an activating group) is 1. The predicted molar refractivity (Wildman–Crippen MR) is 124 cm³/mol. The second-order valence-electron chi connectivity index (χ2n) is 8.65. The number of hydrogen-bond acceptors (Lipinski definition) is 4. The first-order chi connectivity index (χ1) is 14.9. The Kier molecular flexibility index (Phi) is 5.91. The van der Waals surface area contributed by atoms with Crippen LogP contribution in [0.1, 0.15) is 54.9 Å². The van der Waals surface area contributed by atoms with E-state index in [1.54, 1.807) is 0 Å². The summed E-state index contributed by atoms with van der Waals surface area (Å²) >= 11 is 0. The number of aliphatic hydroxyl groups excluding tert-OH is 1. The van der Waals surface area contributed by atoms with Crippen LogP contribution in [0.15, 0.2) is 42.5 Å². The molecule has 0 bridgehead atoms. The summed E-state index contributed by atoms with van der Waals surface area (Å²) in [5.74, 6) is 0.840. The fraction of sp³-hybridized carbons (Fsp3) is 0.423. The van der Waals surface area contributed by atoms with Crippen LogP contribution in [0.3, 0.4) is 0 Å². The zero-order chi connectivity index (χ0) is 22.2. The van der Waals surface area contributed by atoms with Gasteiger partial charge in [-0.25, -0.2) is 0 Å². The van der Waals surface area contributed by atoms with E-state index in [0.717, 1.165) is 58.7 Å². The van der Waals surface area contributed by atoms with Crippen LogP contribution >= 0.6 is 0 Å². The van der Waals surface area contributed by atoms with Gasteiger partial charge in [-0.2, -0.15) is 0 Å². The number of para-hydroxylation sites is 1. The van der Waals surface area contributed by atoms with Gasteiger partial charge >= 0.3 is 0 Å². The minimum atomic E-state index is -0.398. The summed E-state index contributed by atoms with van der Waals surface area (Å²) in [4.78, 5) is 15.9. The normalized spacial score (nSPS) is 14.7. The van der Waals surface area contributed by atoms with Gasteiger partial charge in [0.1, 0.15) is 12.4 Å². The molecule has 4 rings (SSSR count). The summed E-state index contributed by atoms with van der Waals surface area (Å²) in [7, 11) is 0. The highest BCUT2D eigenvalue weighted by Crippen LogP contribution is 2.46. The Bertz CT molecular complexity index is 1110. The molecule has 0 fully saturated rings. The highest BCUT2D eigenvalue weighted by molar-refractivity contribution is 6.20. The van der Waals surface area contributed by atoms with Crippen LogP contribution < -0.4 is 4.74 Å². The number of carbonyl (C=O) groups excluding carboxylic acids is 1. The number of rotatable bonds is 8. The van der Waals surface area contributed by atoms with E-state index >= 15 is 0 Å². The molecule has 1 aromatic heterocycles. The summed E-state index contributed by atoms with van der Waals surface area (Å²) in [6.07, 6.45) is 0. The van der Waals surface area contributed by atoms with Gasteiger partial charge in [0.25, 0.3) is 0 Å². The number of nitrogens with zero attached hydrogens (tertiary/aromatic N) is 2. The Morgan fingerprint density at radius 1 is 1.10 bits per heavy atom. The van der Waals surface area contributed by atoms with Gasteiger partial charge in [-0.3, -0.25) is 4.79 Å². The van der Waals surface area contributed by atoms with Crippen molar-refractivity contribution in [2.75, 3.05) is 32.8 Å². The van der Waals surface area contributed by atoms with Crippen LogP contribution in [-0.2, 0) is 12.0 Å². The number of fused-ring (bicyclic) bond motifs is 4. The van der Waals surface area contributed by atoms with E-state index in [4.69, 9.17) is 4.74 Å². The molecule has 1 N–H and O–H groups in total. The van der Waals surface area contributed by atoms with Crippen molar-refractivity contribution in [1.29, 1.82) is 0 Å². The average Bonchev–Trinajstić information content (AvgIpc) is 3.11. The molecule has 0 saturated heterocycles. The molecule has 31 heavy (non-hydrogen) atoms. The number of ketones is 1. The van der Waals surface area contributed by atoms with Gasteiger partial charge in [-0.15, -0.1) is 0 Å². The monoisotopic (exact) mass is 420 g/mol. The number of aliphatic hydroxyl groups is 1. The molecule has 2 aromatic carbocycles. The third kappa shape index (κ3) is 3.56. The van der Waals surface area contributed by atoms with E-state index in [1.165, 1.54) is 0 Å². The lowest BCUT2D eigenvalue weighted by molar-refractivity contribution is 0.103. The molecule has 164 valence electrons. The molecule has 1 aliphatic carbocycles. The highest BCUT2D eigenvalue weighted by atomic mass is 16.5. The number of ether oxygens (including phenoxy) is 1. The van der Waals surface area contributed by atoms with E-state index in [2.05, 4.69) is 37.2 Å². The Labute approximate surface area is 184 Å². The molecule has 1 aliphatic rings. The van der Waals surface area contributed by atoms with Gasteiger partial charge in [0.05, 0.1) is 12.2 Å². The van der Waals surface area contributed by atoms with Crippen molar-refractivity contribution in [3.63, 3.8) is 0 Å². The fourth-order valence-corrected chi connectivity index (χ4v) is 4.94.